The highest BCUT2D eigenvalue weighted by atomic mass is 79.9. The van der Waals surface area contributed by atoms with Gasteiger partial charge in [0.2, 0.25) is 0 Å². The second-order valence-corrected chi connectivity index (χ2v) is 3.60. The number of rotatable bonds is 3. The third-order valence-electron chi connectivity index (χ3n) is 1.43. The smallest absolute Gasteiger partial charge is 0.317 e. The molecule has 0 aliphatic heterocycles. The number of alkyl halides is 1. The van der Waals surface area contributed by atoms with Crippen LogP contribution < -0.4 is 0 Å². The number of hydrogen-bond acceptors (Lipinski definition) is 2. The van der Waals surface area contributed by atoms with Crippen molar-refractivity contribution in [1.82, 2.24) is 9.78 Å². The number of carboxylic acids is 1. The van der Waals surface area contributed by atoms with Crippen molar-refractivity contribution in [1.29, 1.82) is 0 Å². The summed E-state index contributed by atoms with van der Waals surface area (Å²) in [7, 11) is 1.80. The monoisotopic (exact) mass is 232 g/mol. The largest absolute Gasteiger partial charge is 0.480 e. The van der Waals surface area contributed by atoms with E-state index in [-0.39, 0.29) is 0 Å². The van der Waals surface area contributed by atoms with Gasteiger partial charge in [0.15, 0.2) is 0 Å². The highest BCUT2D eigenvalue weighted by Crippen LogP contribution is 2.07. The molecule has 0 spiro atoms. The molecule has 1 rings (SSSR count). The first-order valence-electron chi connectivity index (χ1n) is 3.45. The zero-order valence-electron chi connectivity index (χ0n) is 6.57. The molecule has 12 heavy (non-hydrogen) atoms. The number of aromatic nitrogens is 2. The molecule has 0 saturated heterocycles. The van der Waals surface area contributed by atoms with Crippen molar-refractivity contribution in [2.24, 2.45) is 7.05 Å². The quantitative estimate of drug-likeness (QED) is 0.786. The van der Waals surface area contributed by atoms with Crippen LogP contribution in [-0.4, -0.2) is 25.7 Å². The number of halogens is 1. The van der Waals surface area contributed by atoms with E-state index in [2.05, 4.69) is 21.0 Å². The van der Waals surface area contributed by atoms with E-state index in [0.29, 0.717) is 6.42 Å². The van der Waals surface area contributed by atoms with E-state index in [4.69, 9.17) is 5.11 Å². The van der Waals surface area contributed by atoms with Gasteiger partial charge < -0.3 is 5.11 Å². The average molecular weight is 233 g/mol. The fraction of sp³-hybridized carbons (Fsp3) is 0.429. The van der Waals surface area contributed by atoms with E-state index in [9.17, 15) is 4.79 Å². The molecule has 1 aromatic rings. The summed E-state index contributed by atoms with van der Waals surface area (Å²) in [5, 5.41) is 12.6. The van der Waals surface area contributed by atoms with Crippen LogP contribution in [0.1, 0.15) is 5.69 Å². The lowest BCUT2D eigenvalue weighted by atomic mass is 10.2. The first-order chi connectivity index (χ1) is 5.59. The van der Waals surface area contributed by atoms with Crippen LogP contribution in [0.5, 0.6) is 0 Å². The maximum absolute atomic E-state index is 10.4. The maximum atomic E-state index is 10.4. The van der Waals surface area contributed by atoms with E-state index < -0.39 is 10.8 Å². The minimum Gasteiger partial charge on any atom is -0.480 e. The van der Waals surface area contributed by atoms with Gasteiger partial charge in [-0.05, 0) is 6.07 Å². The summed E-state index contributed by atoms with van der Waals surface area (Å²) < 4.78 is 1.65. The molecular formula is C7H9BrN2O2. The standard InChI is InChI=1S/C7H9BrN2O2/c1-10-3-2-5(9-10)4-6(8)7(11)12/h2-3,6H,4H2,1H3,(H,11,12). The molecule has 4 nitrogen and oxygen atoms in total. The molecule has 5 heteroatoms. The van der Waals surface area contributed by atoms with E-state index in [1.807, 2.05) is 0 Å². The van der Waals surface area contributed by atoms with Gasteiger partial charge in [0.05, 0.1) is 5.69 Å². The maximum Gasteiger partial charge on any atom is 0.317 e. The second kappa shape index (κ2) is 3.71. The van der Waals surface area contributed by atoms with E-state index in [1.165, 1.54) is 0 Å². The van der Waals surface area contributed by atoms with Crippen molar-refractivity contribution >= 4 is 21.9 Å². The first kappa shape index (κ1) is 9.25. The second-order valence-electron chi connectivity index (χ2n) is 2.49. The van der Waals surface area contributed by atoms with Gasteiger partial charge in [0, 0.05) is 19.7 Å². The lowest BCUT2D eigenvalue weighted by molar-refractivity contribution is -0.136. The summed E-state index contributed by atoms with van der Waals surface area (Å²) in [6.07, 6.45) is 2.20. The number of aryl methyl sites for hydroxylation is 1. The Morgan fingerprint density at radius 2 is 2.58 bits per heavy atom. The predicted octanol–water partition coefficient (Wildman–Crippen LogP) is 0.811. The highest BCUT2D eigenvalue weighted by Gasteiger charge is 2.14. The van der Waals surface area contributed by atoms with Crippen LogP contribution in [0.2, 0.25) is 0 Å². The first-order valence-corrected chi connectivity index (χ1v) is 4.36. The van der Waals surface area contributed by atoms with E-state index in [0.717, 1.165) is 5.69 Å². The molecule has 0 aliphatic carbocycles. The molecule has 0 aliphatic rings. The summed E-state index contributed by atoms with van der Waals surface area (Å²) in [5.41, 5.74) is 0.779. The number of aliphatic carboxylic acids is 1. The molecule has 0 aromatic carbocycles. The predicted molar refractivity (Wildman–Crippen MR) is 47.3 cm³/mol. The van der Waals surface area contributed by atoms with Crippen molar-refractivity contribution < 1.29 is 9.90 Å². The molecular weight excluding hydrogens is 224 g/mol. The van der Waals surface area contributed by atoms with Gasteiger partial charge in [-0.25, -0.2) is 0 Å². The topological polar surface area (TPSA) is 55.1 Å². The molecule has 66 valence electrons. The highest BCUT2D eigenvalue weighted by molar-refractivity contribution is 9.10. The molecule has 1 atom stereocenters. The number of carbonyl (C=O) groups is 1. The van der Waals surface area contributed by atoms with Gasteiger partial charge in [-0.1, -0.05) is 15.9 Å². The van der Waals surface area contributed by atoms with Crippen LogP contribution in [0, 0.1) is 0 Å². The lowest BCUT2D eigenvalue weighted by Crippen LogP contribution is -2.15. The summed E-state index contributed by atoms with van der Waals surface area (Å²) in [4.78, 5) is 9.88. The molecule has 1 unspecified atom stereocenters. The molecule has 0 saturated carbocycles. The van der Waals surface area contributed by atoms with Gasteiger partial charge in [-0.2, -0.15) is 5.10 Å². The number of carboxylic acid groups (broad SMARTS) is 1. The molecule has 1 N–H and O–H groups in total. The van der Waals surface area contributed by atoms with Crippen LogP contribution in [0.4, 0.5) is 0 Å². The number of nitrogens with zero attached hydrogens (tertiary/aromatic N) is 2. The van der Waals surface area contributed by atoms with Gasteiger partial charge in [0.1, 0.15) is 4.83 Å². The minimum absolute atomic E-state index is 0.413. The molecule has 1 aromatic heterocycles. The van der Waals surface area contributed by atoms with Crippen LogP contribution in [0.25, 0.3) is 0 Å². The van der Waals surface area contributed by atoms with Crippen LogP contribution in [0.3, 0.4) is 0 Å². The fourth-order valence-corrected chi connectivity index (χ4v) is 1.17. The molecule has 0 radical (unpaired) electrons. The van der Waals surface area contributed by atoms with Gasteiger partial charge in [-0.15, -0.1) is 0 Å². The summed E-state index contributed by atoms with van der Waals surface area (Å²) in [5.74, 6) is -0.861. The zero-order valence-corrected chi connectivity index (χ0v) is 8.15. The Balaban J connectivity index is 2.58. The Morgan fingerprint density at radius 1 is 1.92 bits per heavy atom. The van der Waals surface area contributed by atoms with Crippen molar-refractivity contribution in [2.45, 2.75) is 11.2 Å². The van der Waals surface area contributed by atoms with Crippen LogP contribution >= 0.6 is 15.9 Å². The van der Waals surface area contributed by atoms with Crippen LogP contribution in [-0.2, 0) is 18.3 Å². The van der Waals surface area contributed by atoms with Crippen LogP contribution in [0.15, 0.2) is 12.3 Å². The normalized spacial score (nSPS) is 12.8. The summed E-state index contributed by atoms with van der Waals surface area (Å²) in [6.45, 7) is 0. The third-order valence-corrected chi connectivity index (χ3v) is 2.14. The Bertz CT molecular complexity index is 285. The molecule has 0 bridgehead atoms. The number of hydrogen-bond donors (Lipinski definition) is 1. The minimum atomic E-state index is -0.861. The third kappa shape index (κ3) is 2.34. The SMILES string of the molecule is Cn1ccc(CC(Br)C(=O)O)n1. The lowest BCUT2D eigenvalue weighted by Gasteiger charge is -1.99. The van der Waals surface area contributed by atoms with Crippen molar-refractivity contribution in [3.63, 3.8) is 0 Å². The van der Waals surface area contributed by atoms with Crippen molar-refractivity contribution in [2.75, 3.05) is 0 Å². The molecule has 0 fully saturated rings. The van der Waals surface area contributed by atoms with Crippen molar-refractivity contribution in [3.05, 3.63) is 18.0 Å². The summed E-state index contributed by atoms with van der Waals surface area (Å²) >= 11 is 3.04. The molecule has 1 heterocycles. The zero-order chi connectivity index (χ0) is 9.14. The average Bonchev–Trinajstić information content (AvgIpc) is 2.35. The Kier molecular flexibility index (Phi) is 2.86. The summed E-state index contributed by atoms with van der Waals surface area (Å²) in [6, 6.07) is 1.80. The van der Waals surface area contributed by atoms with Gasteiger partial charge >= 0.3 is 5.97 Å². The molecule has 0 amide bonds. The Hall–Kier alpha value is -0.840. The Morgan fingerprint density at radius 3 is 3.00 bits per heavy atom. The Labute approximate surface area is 78.3 Å². The fourth-order valence-electron chi connectivity index (χ4n) is 0.843. The van der Waals surface area contributed by atoms with Gasteiger partial charge in [-0.3, -0.25) is 9.48 Å². The van der Waals surface area contributed by atoms with E-state index >= 15 is 0 Å². The van der Waals surface area contributed by atoms with Gasteiger partial charge in [0.25, 0.3) is 0 Å². The van der Waals surface area contributed by atoms with E-state index in [1.54, 1.807) is 24.0 Å². The van der Waals surface area contributed by atoms with Crippen molar-refractivity contribution in [3.8, 4) is 0 Å².